The average Bonchev–Trinajstić information content (AvgIpc) is 2.95. The summed E-state index contributed by atoms with van der Waals surface area (Å²) < 4.78 is 19.6. The van der Waals surface area contributed by atoms with Crippen molar-refractivity contribution in [3.63, 3.8) is 0 Å². The molecule has 1 heterocycles. The topological polar surface area (TPSA) is 96.4 Å². The Bertz CT molecular complexity index is 1470. The third-order valence-electron chi connectivity index (χ3n) is 5.40. The number of para-hydroxylation sites is 2. The van der Waals surface area contributed by atoms with Crippen LogP contribution >= 0.6 is 11.6 Å². The van der Waals surface area contributed by atoms with Crippen LogP contribution in [-0.4, -0.2) is 21.2 Å². The summed E-state index contributed by atoms with van der Waals surface area (Å²) in [6.45, 7) is 0.0264. The number of anilines is 5. The summed E-state index contributed by atoms with van der Waals surface area (Å²) >= 11 is 6.06. The van der Waals surface area contributed by atoms with E-state index in [1.807, 2.05) is 72.8 Å². The molecular weight excluding hydrogens is 517 g/mol. The fourth-order valence-corrected chi connectivity index (χ4v) is 3.70. The SMILES string of the molecule is Fc1cccc(Cl)c1COc1ccc(/C=N/Nc2nc(Nc3ccccc3)nc(Nc3ccccc3)n2)cc1. The second-order valence-corrected chi connectivity index (χ2v) is 8.62. The Hall–Kier alpha value is -5.02. The van der Waals surface area contributed by atoms with Gasteiger partial charge in [-0.2, -0.15) is 20.1 Å². The summed E-state index contributed by atoms with van der Waals surface area (Å²) in [5.41, 5.74) is 5.65. The minimum Gasteiger partial charge on any atom is -0.489 e. The lowest BCUT2D eigenvalue weighted by Crippen LogP contribution is -2.07. The third-order valence-corrected chi connectivity index (χ3v) is 5.75. The van der Waals surface area contributed by atoms with Crippen LogP contribution in [0.2, 0.25) is 5.02 Å². The van der Waals surface area contributed by atoms with E-state index in [2.05, 4.69) is 36.1 Å². The molecule has 0 unspecified atom stereocenters. The first-order valence-electron chi connectivity index (χ1n) is 12.0. The molecule has 194 valence electrons. The van der Waals surface area contributed by atoms with Crippen molar-refractivity contribution < 1.29 is 9.13 Å². The van der Waals surface area contributed by atoms with Crippen molar-refractivity contribution in [2.24, 2.45) is 5.10 Å². The molecule has 8 nitrogen and oxygen atoms in total. The Morgan fingerprint density at radius 2 is 1.31 bits per heavy atom. The van der Waals surface area contributed by atoms with Gasteiger partial charge in [-0.15, -0.1) is 0 Å². The van der Waals surface area contributed by atoms with E-state index in [9.17, 15) is 4.39 Å². The largest absolute Gasteiger partial charge is 0.489 e. The molecule has 0 saturated carbocycles. The number of hydrogen-bond donors (Lipinski definition) is 3. The molecule has 3 N–H and O–H groups in total. The molecule has 0 aliphatic carbocycles. The molecule has 0 radical (unpaired) electrons. The third kappa shape index (κ3) is 7.27. The number of nitrogens with zero attached hydrogens (tertiary/aromatic N) is 4. The number of rotatable bonds is 10. The average molecular weight is 540 g/mol. The zero-order chi connectivity index (χ0) is 26.9. The molecule has 10 heteroatoms. The van der Waals surface area contributed by atoms with Crippen LogP contribution in [0.3, 0.4) is 0 Å². The van der Waals surface area contributed by atoms with Gasteiger partial charge in [0.05, 0.1) is 11.2 Å². The summed E-state index contributed by atoms with van der Waals surface area (Å²) in [5.74, 6) is 1.12. The molecule has 5 aromatic rings. The number of hydrogen-bond acceptors (Lipinski definition) is 8. The number of ether oxygens (including phenoxy) is 1. The fourth-order valence-electron chi connectivity index (χ4n) is 3.48. The molecule has 5 rings (SSSR count). The zero-order valence-electron chi connectivity index (χ0n) is 20.6. The van der Waals surface area contributed by atoms with Crippen molar-refractivity contribution in [2.45, 2.75) is 6.61 Å². The van der Waals surface area contributed by atoms with Crippen LogP contribution in [0.5, 0.6) is 5.75 Å². The van der Waals surface area contributed by atoms with E-state index in [1.54, 1.807) is 30.5 Å². The maximum absolute atomic E-state index is 14.0. The van der Waals surface area contributed by atoms with Gasteiger partial charge in [0.2, 0.25) is 17.8 Å². The minimum absolute atomic E-state index is 0.0264. The Morgan fingerprint density at radius 1 is 0.718 bits per heavy atom. The normalized spacial score (nSPS) is 10.8. The Kier molecular flexibility index (Phi) is 8.20. The van der Waals surface area contributed by atoms with Crippen molar-refractivity contribution in [1.29, 1.82) is 0 Å². The molecule has 4 aromatic carbocycles. The van der Waals surface area contributed by atoms with E-state index in [4.69, 9.17) is 16.3 Å². The molecule has 0 fully saturated rings. The van der Waals surface area contributed by atoms with Gasteiger partial charge in [-0.05, 0) is 66.2 Å². The summed E-state index contributed by atoms with van der Waals surface area (Å²) in [6.07, 6.45) is 1.62. The number of benzene rings is 4. The summed E-state index contributed by atoms with van der Waals surface area (Å²) in [6, 6.07) is 30.9. The Morgan fingerprint density at radius 3 is 1.90 bits per heavy atom. The van der Waals surface area contributed by atoms with E-state index < -0.39 is 5.82 Å². The van der Waals surface area contributed by atoms with Crippen molar-refractivity contribution in [2.75, 3.05) is 16.1 Å². The van der Waals surface area contributed by atoms with E-state index in [0.717, 1.165) is 16.9 Å². The second kappa shape index (κ2) is 12.5. The van der Waals surface area contributed by atoms with Crippen molar-refractivity contribution in [3.8, 4) is 5.75 Å². The zero-order valence-corrected chi connectivity index (χ0v) is 21.3. The van der Waals surface area contributed by atoms with Crippen LogP contribution in [0.1, 0.15) is 11.1 Å². The maximum Gasteiger partial charge on any atom is 0.250 e. The molecule has 0 amide bonds. The summed E-state index contributed by atoms with van der Waals surface area (Å²) in [4.78, 5) is 13.3. The molecular formula is C29H23ClFN7O. The van der Waals surface area contributed by atoms with Crippen LogP contribution in [0.25, 0.3) is 0 Å². The van der Waals surface area contributed by atoms with Crippen LogP contribution in [0, 0.1) is 5.82 Å². The molecule has 0 aliphatic heterocycles. The number of nitrogens with one attached hydrogen (secondary N) is 3. The lowest BCUT2D eigenvalue weighted by atomic mass is 10.2. The molecule has 0 saturated heterocycles. The molecule has 0 spiro atoms. The lowest BCUT2D eigenvalue weighted by Gasteiger charge is -2.10. The highest BCUT2D eigenvalue weighted by Gasteiger charge is 2.09. The van der Waals surface area contributed by atoms with Crippen molar-refractivity contribution >= 4 is 47.0 Å². The van der Waals surface area contributed by atoms with E-state index in [1.165, 1.54) is 6.07 Å². The van der Waals surface area contributed by atoms with Gasteiger partial charge in [-0.3, -0.25) is 0 Å². The van der Waals surface area contributed by atoms with Gasteiger partial charge in [0.1, 0.15) is 18.2 Å². The van der Waals surface area contributed by atoms with Crippen LogP contribution in [0.15, 0.2) is 108 Å². The molecule has 1 aromatic heterocycles. The van der Waals surface area contributed by atoms with Crippen LogP contribution < -0.4 is 20.8 Å². The highest BCUT2D eigenvalue weighted by atomic mass is 35.5. The number of hydrazone groups is 1. The second-order valence-electron chi connectivity index (χ2n) is 8.22. The first-order chi connectivity index (χ1) is 19.1. The summed E-state index contributed by atoms with van der Waals surface area (Å²) in [5, 5.41) is 10.9. The van der Waals surface area contributed by atoms with Crippen molar-refractivity contribution in [3.05, 3.63) is 125 Å². The van der Waals surface area contributed by atoms with Gasteiger partial charge in [0, 0.05) is 16.9 Å². The molecule has 0 bridgehead atoms. The van der Waals surface area contributed by atoms with Crippen LogP contribution in [0.4, 0.5) is 33.6 Å². The first kappa shape index (κ1) is 25.6. The standard InChI is InChI=1S/C29H23ClFN7O/c30-25-12-7-13-26(31)24(25)19-39-23-16-14-20(15-17-23)18-32-38-29-36-27(33-21-8-3-1-4-9-21)35-28(37-29)34-22-10-5-2-6-11-22/h1-18H,19H2,(H3,33,34,35,36,37,38)/b32-18+. The lowest BCUT2D eigenvalue weighted by molar-refractivity contribution is 0.300. The quantitative estimate of drug-likeness (QED) is 0.128. The van der Waals surface area contributed by atoms with E-state index >= 15 is 0 Å². The number of aromatic nitrogens is 3. The van der Waals surface area contributed by atoms with Crippen molar-refractivity contribution in [1.82, 2.24) is 15.0 Å². The van der Waals surface area contributed by atoms with Gasteiger partial charge in [0.25, 0.3) is 0 Å². The molecule has 0 atom stereocenters. The van der Waals surface area contributed by atoms with E-state index in [-0.39, 0.29) is 12.6 Å². The molecule has 39 heavy (non-hydrogen) atoms. The summed E-state index contributed by atoms with van der Waals surface area (Å²) in [7, 11) is 0. The maximum atomic E-state index is 14.0. The highest BCUT2D eigenvalue weighted by Crippen LogP contribution is 2.22. The van der Waals surface area contributed by atoms with Crippen LogP contribution in [-0.2, 0) is 6.61 Å². The monoisotopic (exact) mass is 539 g/mol. The highest BCUT2D eigenvalue weighted by molar-refractivity contribution is 6.31. The van der Waals surface area contributed by atoms with Gasteiger partial charge < -0.3 is 15.4 Å². The Labute approximate surface area is 229 Å². The minimum atomic E-state index is -0.403. The first-order valence-corrected chi connectivity index (χ1v) is 12.4. The van der Waals surface area contributed by atoms with Gasteiger partial charge in [0.15, 0.2) is 0 Å². The molecule has 0 aliphatic rings. The predicted molar refractivity (Wildman–Crippen MR) is 153 cm³/mol. The number of halogens is 2. The Balaban J connectivity index is 1.26. The van der Waals surface area contributed by atoms with Gasteiger partial charge in [-0.1, -0.05) is 54.1 Å². The van der Waals surface area contributed by atoms with Gasteiger partial charge in [-0.25, -0.2) is 9.82 Å². The van der Waals surface area contributed by atoms with Gasteiger partial charge >= 0.3 is 0 Å². The predicted octanol–water partition coefficient (Wildman–Crippen LogP) is 7.18. The van der Waals surface area contributed by atoms with E-state index in [0.29, 0.717) is 28.2 Å². The fraction of sp³-hybridized carbons (Fsp3) is 0.0345. The smallest absolute Gasteiger partial charge is 0.250 e.